The van der Waals surface area contributed by atoms with Crippen LogP contribution in [-0.4, -0.2) is 41.2 Å². The van der Waals surface area contributed by atoms with Gasteiger partial charge in [-0.3, -0.25) is 9.78 Å². The molecule has 2 aliphatic rings. The molecule has 0 saturated heterocycles. The minimum absolute atomic E-state index is 0. The van der Waals surface area contributed by atoms with Crippen molar-refractivity contribution in [3.8, 4) is 0 Å². The Balaban J connectivity index is 0.00000423. The van der Waals surface area contributed by atoms with E-state index in [0.717, 1.165) is 56.6 Å². The molecule has 0 radical (unpaired) electrons. The molecule has 3 aromatic heterocycles. The van der Waals surface area contributed by atoms with Gasteiger partial charge in [-0.25, -0.2) is 9.78 Å². The number of hydrogen-bond donors (Lipinski definition) is 1. The van der Waals surface area contributed by atoms with Crippen LogP contribution in [0.15, 0.2) is 24.3 Å². The largest absolute Gasteiger partial charge is 2.00 e. The Labute approximate surface area is 263 Å². The maximum Gasteiger partial charge on any atom is 2.00 e. The first-order chi connectivity index (χ1) is 20.1. The molecule has 10 heteroatoms. The van der Waals surface area contributed by atoms with Crippen LogP contribution in [0, 0.1) is 13.8 Å². The minimum Gasteiger partial charge on any atom is -0.657 e. The van der Waals surface area contributed by atoms with Gasteiger partial charge in [0, 0.05) is 29.6 Å². The molecule has 0 spiro atoms. The Morgan fingerprint density at radius 1 is 0.860 bits per heavy atom. The van der Waals surface area contributed by atoms with Gasteiger partial charge in [-0.15, -0.1) is 22.1 Å². The predicted molar refractivity (Wildman–Crippen MR) is 161 cm³/mol. The number of hydrogen-bond acceptors (Lipinski definition) is 7. The molecule has 8 bridgehead atoms. The van der Waals surface area contributed by atoms with Crippen molar-refractivity contribution in [1.82, 2.24) is 19.9 Å². The van der Waals surface area contributed by atoms with Gasteiger partial charge in [0.2, 0.25) is 0 Å². The second-order valence-electron chi connectivity index (χ2n) is 10.9. The topological polar surface area (TPSA) is 127 Å². The number of fused-ring (bicyclic) bond motifs is 8. The summed E-state index contributed by atoms with van der Waals surface area (Å²) in [6.07, 6.45) is 1.50. The number of aliphatic hydroxyl groups excluding tert-OH is 1. The molecule has 43 heavy (non-hydrogen) atoms. The number of ether oxygens (including phenoxy) is 2. The van der Waals surface area contributed by atoms with Crippen LogP contribution in [0.3, 0.4) is 0 Å². The molecule has 0 fully saturated rings. The van der Waals surface area contributed by atoms with Crippen molar-refractivity contribution in [2.45, 2.75) is 72.3 Å². The van der Waals surface area contributed by atoms with Crippen LogP contribution < -0.4 is 9.97 Å². The SMILES string of the molecule is CCc1c(C)c2cc3[n-]c(cc4nc(cc5nc(cc1[n-]2)C(C)=C5C(=O)OC)[C@@H](CCC(=O)OC)[C@@H]4C)c(C)c3CO.[Zn+2]. The first-order valence-corrected chi connectivity index (χ1v) is 14.2. The van der Waals surface area contributed by atoms with Crippen LogP contribution in [-0.2, 0) is 51.6 Å². The number of nitrogens with zero attached hydrogens (tertiary/aromatic N) is 4. The van der Waals surface area contributed by atoms with Crippen molar-refractivity contribution >= 4 is 45.2 Å². The van der Waals surface area contributed by atoms with Crippen molar-refractivity contribution in [2.24, 2.45) is 0 Å². The van der Waals surface area contributed by atoms with Gasteiger partial charge < -0.3 is 24.5 Å². The zero-order valence-corrected chi connectivity index (χ0v) is 28.8. The Morgan fingerprint density at radius 2 is 1.51 bits per heavy atom. The van der Waals surface area contributed by atoms with E-state index in [1.165, 1.54) is 14.2 Å². The summed E-state index contributed by atoms with van der Waals surface area (Å²) in [7, 11) is 2.74. The van der Waals surface area contributed by atoms with Crippen molar-refractivity contribution in [1.29, 1.82) is 0 Å². The summed E-state index contributed by atoms with van der Waals surface area (Å²) in [6, 6.07) is 7.62. The van der Waals surface area contributed by atoms with E-state index < -0.39 is 5.97 Å². The first kappa shape index (κ1) is 32.3. The van der Waals surface area contributed by atoms with Crippen LogP contribution >= 0.6 is 0 Å². The fraction of sp³-hybridized carbons (Fsp3) is 0.394. The third-order valence-electron chi connectivity index (χ3n) is 8.64. The molecular formula is C33H36N4O5Zn. The molecule has 0 aliphatic carbocycles. The second kappa shape index (κ2) is 12.9. The number of methoxy groups -OCH3 is 2. The van der Waals surface area contributed by atoms with Gasteiger partial charge in [-0.1, -0.05) is 48.7 Å². The minimum atomic E-state index is -0.478. The van der Waals surface area contributed by atoms with E-state index in [1.54, 1.807) is 0 Å². The summed E-state index contributed by atoms with van der Waals surface area (Å²) in [5, 5.41) is 10.3. The van der Waals surface area contributed by atoms with E-state index in [9.17, 15) is 14.7 Å². The zero-order valence-electron chi connectivity index (χ0n) is 25.9. The van der Waals surface area contributed by atoms with E-state index in [0.29, 0.717) is 34.5 Å². The van der Waals surface area contributed by atoms with Crippen LogP contribution in [0.1, 0.15) is 90.5 Å². The first-order valence-electron chi connectivity index (χ1n) is 14.2. The summed E-state index contributed by atoms with van der Waals surface area (Å²) in [5.41, 5.74) is 10.4. The number of aryl methyl sites for hydroxylation is 3. The third-order valence-corrected chi connectivity index (χ3v) is 8.64. The molecule has 1 N–H and O–H groups in total. The molecule has 0 amide bonds. The molecule has 5 rings (SSSR count). The van der Waals surface area contributed by atoms with Gasteiger partial charge in [0.25, 0.3) is 0 Å². The molecule has 3 aromatic rings. The Bertz CT molecular complexity index is 1790. The number of allylic oxidation sites excluding steroid dienone is 1. The molecule has 220 valence electrons. The van der Waals surface area contributed by atoms with Gasteiger partial charge in [0.15, 0.2) is 0 Å². The second-order valence-corrected chi connectivity index (χ2v) is 10.9. The van der Waals surface area contributed by atoms with Crippen LogP contribution in [0.25, 0.3) is 33.2 Å². The van der Waals surface area contributed by atoms with E-state index >= 15 is 0 Å². The quantitative estimate of drug-likeness (QED) is 0.288. The zero-order chi connectivity index (χ0) is 30.3. The van der Waals surface area contributed by atoms with Crippen LogP contribution in [0.4, 0.5) is 0 Å². The average molecular weight is 634 g/mol. The van der Waals surface area contributed by atoms with E-state index in [2.05, 4.69) is 13.8 Å². The summed E-state index contributed by atoms with van der Waals surface area (Å²) < 4.78 is 10.1. The van der Waals surface area contributed by atoms with Crippen LogP contribution in [0.2, 0.25) is 0 Å². The standard InChI is InChI=1S/C33H37N4O5.Zn/c1-8-20-16(2)25-12-29-22(15-38)18(4)24(36-29)11-23-17(3)21(9-10-31(39)41-6)28(35-23)14-30-32(33(40)42-7)19(5)26(37-30)13-27(20)34-25;/h11-14,17,21,38H,8-10,15H2,1-7H3,(H-,34,35,36,37,40);/q-1;+2/p-1/t17-,21-;/m0./s1. The molecule has 2 atom stereocenters. The fourth-order valence-electron chi connectivity index (χ4n) is 6.03. The Kier molecular flexibility index (Phi) is 9.72. The maximum atomic E-state index is 13.0. The van der Waals surface area contributed by atoms with Gasteiger partial charge in [0.1, 0.15) is 0 Å². The van der Waals surface area contributed by atoms with Gasteiger partial charge >= 0.3 is 31.4 Å². The molecule has 2 aliphatic heterocycles. The third kappa shape index (κ3) is 5.83. The van der Waals surface area contributed by atoms with Crippen molar-refractivity contribution < 1.29 is 43.6 Å². The average Bonchev–Trinajstić information content (AvgIpc) is 3.64. The number of rotatable bonds is 6. The molecule has 9 nitrogen and oxygen atoms in total. The van der Waals surface area contributed by atoms with Crippen molar-refractivity contribution in [3.63, 3.8) is 0 Å². The maximum absolute atomic E-state index is 13.0. The molecular weight excluding hydrogens is 598 g/mol. The number of esters is 2. The number of carbonyl (C=O) groups excluding carboxylic acids is 2. The van der Waals surface area contributed by atoms with Crippen molar-refractivity contribution in [3.05, 3.63) is 69.3 Å². The molecule has 0 unspecified atom stereocenters. The van der Waals surface area contributed by atoms with Crippen molar-refractivity contribution in [2.75, 3.05) is 14.2 Å². The molecule has 5 heterocycles. The predicted octanol–water partition coefficient (Wildman–Crippen LogP) is 5.19. The summed E-state index contributed by atoms with van der Waals surface area (Å²) in [4.78, 5) is 44.8. The summed E-state index contributed by atoms with van der Waals surface area (Å²) >= 11 is 0. The Morgan fingerprint density at radius 3 is 2.14 bits per heavy atom. The summed E-state index contributed by atoms with van der Waals surface area (Å²) in [6.45, 7) is 9.84. The number of aromatic nitrogens is 4. The number of aliphatic hydroxyl groups is 1. The van der Waals surface area contributed by atoms with E-state index in [-0.39, 0.29) is 50.3 Å². The molecule has 0 aromatic carbocycles. The van der Waals surface area contributed by atoms with E-state index in [1.807, 2.05) is 45.0 Å². The monoisotopic (exact) mass is 632 g/mol. The van der Waals surface area contributed by atoms with Gasteiger partial charge in [-0.2, -0.15) is 0 Å². The molecule has 0 saturated carbocycles. The fourth-order valence-corrected chi connectivity index (χ4v) is 6.03. The van der Waals surface area contributed by atoms with E-state index in [4.69, 9.17) is 29.4 Å². The summed E-state index contributed by atoms with van der Waals surface area (Å²) in [5.74, 6) is -0.937. The van der Waals surface area contributed by atoms with Gasteiger partial charge in [0.05, 0.1) is 37.8 Å². The van der Waals surface area contributed by atoms with Gasteiger partial charge in [-0.05, 0) is 50.8 Å². The Hall–Kier alpha value is -3.62. The smallest absolute Gasteiger partial charge is 0.657 e. The van der Waals surface area contributed by atoms with Crippen LogP contribution in [0.5, 0.6) is 0 Å². The number of carbonyl (C=O) groups is 2. The normalized spacial score (nSPS) is 16.2.